The minimum Gasteiger partial charge on any atom is -0.478 e. The summed E-state index contributed by atoms with van der Waals surface area (Å²) in [5.41, 5.74) is 0.830. The third kappa shape index (κ3) is 3.16. The molecule has 1 amide bonds. The highest BCUT2D eigenvalue weighted by Gasteiger charge is 2.38. The summed E-state index contributed by atoms with van der Waals surface area (Å²) in [6.45, 7) is 2.28. The SMILES string of the molecule is CC1CCC(N(C(=O)c2ccc(C(=O)O)cc2)C2CC2)CC1. The van der Waals surface area contributed by atoms with Crippen molar-refractivity contribution >= 4 is 11.9 Å². The molecule has 0 atom stereocenters. The van der Waals surface area contributed by atoms with Crippen LogP contribution in [0, 0.1) is 5.92 Å². The van der Waals surface area contributed by atoms with E-state index in [0.29, 0.717) is 17.6 Å². The Hall–Kier alpha value is -1.84. The van der Waals surface area contributed by atoms with Crippen LogP contribution in [0.3, 0.4) is 0 Å². The van der Waals surface area contributed by atoms with E-state index >= 15 is 0 Å². The second-order valence-corrected chi connectivity index (χ2v) is 6.74. The minimum atomic E-state index is -0.959. The fraction of sp³-hybridized carbons (Fsp3) is 0.556. The average Bonchev–Trinajstić information content (AvgIpc) is 3.34. The number of benzene rings is 1. The molecule has 0 saturated heterocycles. The van der Waals surface area contributed by atoms with Gasteiger partial charge in [-0.3, -0.25) is 4.79 Å². The average molecular weight is 301 g/mol. The van der Waals surface area contributed by atoms with Crippen molar-refractivity contribution in [1.82, 2.24) is 4.90 Å². The first-order valence-electron chi connectivity index (χ1n) is 8.22. The molecule has 4 nitrogen and oxygen atoms in total. The molecular weight excluding hydrogens is 278 g/mol. The number of rotatable bonds is 4. The lowest BCUT2D eigenvalue weighted by Gasteiger charge is -2.36. The molecule has 1 aromatic carbocycles. The van der Waals surface area contributed by atoms with Gasteiger partial charge in [0.1, 0.15) is 0 Å². The standard InChI is InChI=1S/C18H23NO3/c1-12-2-8-15(9-3-12)19(16-10-11-16)17(20)13-4-6-14(7-5-13)18(21)22/h4-7,12,15-16H,2-3,8-11H2,1H3,(H,21,22). The highest BCUT2D eigenvalue weighted by Crippen LogP contribution is 2.36. The Morgan fingerprint density at radius 3 is 1.82 bits per heavy atom. The van der Waals surface area contributed by atoms with Gasteiger partial charge in [0.25, 0.3) is 5.91 Å². The van der Waals surface area contributed by atoms with Crippen LogP contribution >= 0.6 is 0 Å². The number of amides is 1. The topological polar surface area (TPSA) is 57.6 Å². The zero-order valence-corrected chi connectivity index (χ0v) is 13.0. The largest absolute Gasteiger partial charge is 0.478 e. The van der Waals surface area contributed by atoms with Crippen molar-refractivity contribution in [3.05, 3.63) is 35.4 Å². The van der Waals surface area contributed by atoms with E-state index in [4.69, 9.17) is 5.11 Å². The van der Waals surface area contributed by atoms with Gasteiger partial charge in [0.2, 0.25) is 0 Å². The molecule has 0 aliphatic heterocycles. The molecule has 0 spiro atoms. The molecule has 22 heavy (non-hydrogen) atoms. The summed E-state index contributed by atoms with van der Waals surface area (Å²) in [5, 5.41) is 8.96. The van der Waals surface area contributed by atoms with E-state index < -0.39 is 5.97 Å². The Labute approximate surface area is 131 Å². The number of hydrogen-bond donors (Lipinski definition) is 1. The second kappa shape index (κ2) is 6.11. The molecule has 118 valence electrons. The predicted molar refractivity (Wildman–Crippen MR) is 84.0 cm³/mol. The summed E-state index contributed by atoms with van der Waals surface area (Å²) in [7, 11) is 0. The van der Waals surface area contributed by atoms with Gasteiger partial charge in [-0.25, -0.2) is 4.79 Å². The van der Waals surface area contributed by atoms with Gasteiger partial charge in [0.15, 0.2) is 0 Å². The van der Waals surface area contributed by atoms with E-state index in [1.54, 1.807) is 12.1 Å². The van der Waals surface area contributed by atoms with Crippen LogP contribution < -0.4 is 0 Å². The monoisotopic (exact) mass is 301 g/mol. The first kappa shape index (κ1) is 15.1. The first-order chi connectivity index (χ1) is 10.6. The van der Waals surface area contributed by atoms with Crippen molar-refractivity contribution < 1.29 is 14.7 Å². The van der Waals surface area contributed by atoms with Crippen LogP contribution in [0.1, 0.15) is 66.2 Å². The van der Waals surface area contributed by atoms with Crippen molar-refractivity contribution in [2.24, 2.45) is 5.92 Å². The summed E-state index contributed by atoms with van der Waals surface area (Å²) < 4.78 is 0. The number of carbonyl (C=O) groups is 2. The zero-order chi connectivity index (χ0) is 15.7. The van der Waals surface area contributed by atoms with Crippen LogP contribution in [0.2, 0.25) is 0 Å². The van der Waals surface area contributed by atoms with Gasteiger partial charge in [0.05, 0.1) is 5.56 Å². The zero-order valence-electron chi connectivity index (χ0n) is 13.0. The maximum Gasteiger partial charge on any atom is 0.335 e. The van der Waals surface area contributed by atoms with E-state index in [2.05, 4.69) is 11.8 Å². The molecule has 1 aromatic rings. The summed E-state index contributed by atoms with van der Waals surface area (Å²) in [6, 6.07) is 7.08. The molecule has 4 heteroatoms. The van der Waals surface area contributed by atoms with Crippen LogP contribution in [-0.4, -0.2) is 34.0 Å². The molecule has 2 aliphatic carbocycles. The molecule has 3 rings (SSSR count). The van der Waals surface area contributed by atoms with Crippen molar-refractivity contribution in [3.63, 3.8) is 0 Å². The first-order valence-corrected chi connectivity index (χ1v) is 8.22. The molecule has 0 unspecified atom stereocenters. The summed E-state index contributed by atoms with van der Waals surface area (Å²) >= 11 is 0. The summed E-state index contributed by atoms with van der Waals surface area (Å²) in [6.07, 6.45) is 6.78. The van der Waals surface area contributed by atoms with E-state index in [1.807, 2.05) is 0 Å². The maximum atomic E-state index is 12.9. The van der Waals surface area contributed by atoms with Crippen LogP contribution in [0.25, 0.3) is 0 Å². The van der Waals surface area contributed by atoms with Crippen LogP contribution in [0.15, 0.2) is 24.3 Å². The van der Waals surface area contributed by atoms with E-state index in [1.165, 1.54) is 25.0 Å². The van der Waals surface area contributed by atoms with E-state index in [9.17, 15) is 9.59 Å². The van der Waals surface area contributed by atoms with Gasteiger partial charge in [-0.1, -0.05) is 6.92 Å². The molecule has 0 bridgehead atoms. The predicted octanol–water partition coefficient (Wildman–Crippen LogP) is 3.57. The van der Waals surface area contributed by atoms with E-state index in [-0.39, 0.29) is 11.5 Å². The molecule has 1 N–H and O–H groups in total. The number of hydrogen-bond acceptors (Lipinski definition) is 2. The number of carboxylic acids is 1. The quantitative estimate of drug-likeness (QED) is 0.925. The summed E-state index contributed by atoms with van der Waals surface area (Å²) in [5.74, 6) is -0.124. The van der Waals surface area contributed by atoms with Crippen LogP contribution in [0.5, 0.6) is 0 Å². The summed E-state index contributed by atoms with van der Waals surface area (Å²) in [4.78, 5) is 25.9. The Morgan fingerprint density at radius 2 is 1.36 bits per heavy atom. The highest BCUT2D eigenvalue weighted by molar-refractivity contribution is 5.96. The fourth-order valence-electron chi connectivity index (χ4n) is 3.41. The number of aromatic carboxylic acids is 1. The Bertz CT molecular complexity index is 554. The Balaban J connectivity index is 1.76. The van der Waals surface area contributed by atoms with Gasteiger partial charge in [-0.05, 0) is 68.7 Å². The third-order valence-electron chi connectivity index (χ3n) is 4.93. The molecule has 0 heterocycles. The molecule has 0 radical (unpaired) electrons. The van der Waals surface area contributed by atoms with E-state index in [0.717, 1.165) is 31.6 Å². The van der Waals surface area contributed by atoms with Crippen LogP contribution in [-0.2, 0) is 0 Å². The van der Waals surface area contributed by atoms with Crippen LogP contribution in [0.4, 0.5) is 0 Å². The molecule has 2 fully saturated rings. The molecule has 2 saturated carbocycles. The number of carboxylic acid groups (broad SMARTS) is 1. The minimum absolute atomic E-state index is 0.0685. The van der Waals surface area contributed by atoms with Crippen molar-refractivity contribution in [1.29, 1.82) is 0 Å². The van der Waals surface area contributed by atoms with Gasteiger partial charge in [-0.15, -0.1) is 0 Å². The lowest BCUT2D eigenvalue weighted by atomic mass is 9.86. The maximum absolute atomic E-state index is 12.9. The highest BCUT2D eigenvalue weighted by atomic mass is 16.4. The third-order valence-corrected chi connectivity index (χ3v) is 4.93. The lowest BCUT2D eigenvalue weighted by Crippen LogP contribution is -2.43. The second-order valence-electron chi connectivity index (χ2n) is 6.74. The normalized spacial score (nSPS) is 24.8. The number of nitrogens with zero attached hydrogens (tertiary/aromatic N) is 1. The Kier molecular flexibility index (Phi) is 4.19. The molecule has 0 aromatic heterocycles. The van der Waals surface area contributed by atoms with Crippen molar-refractivity contribution in [2.75, 3.05) is 0 Å². The smallest absolute Gasteiger partial charge is 0.335 e. The van der Waals surface area contributed by atoms with Gasteiger partial charge in [0, 0.05) is 17.6 Å². The molecular formula is C18H23NO3. The fourth-order valence-corrected chi connectivity index (χ4v) is 3.41. The van der Waals surface area contributed by atoms with Gasteiger partial charge in [-0.2, -0.15) is 0 Å². The molecule has 2 aliphatic rings. The van der Waals surface area contributed by atoms with Crippen molar-refractivity contribution in [2.45, 2.75) is 57.5 Å². The Morgan fingerprint density at radius 1 is 0.909 bits per heavy atom. The van der Waals surface area contributed by atoms with Crippen molar-refractivity contribution in [3.8, 4) is 0 Å². The van der Waals surface area contributed by atoms with Gasteiger partial charge < -0.3 is 10.0 Å². The number of carbonyl (C=O) groups excluding carboxylic acids is 1. The van der Waals surface area contributed by atoms with Gasteiger partial charge >= 0.3 is 5.97 Å². The lowest BCUT2D eigenvalue weighted by molar-refractivity contribution is 0.0591.